The average Bonchev–Trinajstić information content (AvgIpc) is 2.62. The van der Waals surface area contributed by atoms with E-state index in [1.54, 1.807) is 0 Å². The Hall–Kier alpha value is 1.51. The molecule has 0 aromatic carbocycles. The monoisotopic (exact) mass is 444 g/mol. The second-order valence-electron chi connectivity index (χ2n) is 8.14. The molecule has 0 amide bonds. The summed E-state index contributed by atoms with van der Waals surface area (Å²) < 4.78 is 34.1. The van der Waals surface area contributed by atoms with Crippen LogP contribution in [0, 0.1) is 0 Å². The van der Waals surface area contributed by atoms with Crippen molar-refractivity contribution in [2.24, 2.45) is 0 Å². The van der Waals surface area contributed by atoms with E-state index in [9.17, 15) is 18.1 Å². The van der Waals surface area contributed by atoms with E-state index < -0.39 is 21.5 Å². The fraction of sp³-hybridized carbons (Fsp3) is 1.00. The van der Waals surface area contributed by atoms with Crippen molar-refractivity contribution in [3.8, 4) is 0 Å². The molecule has 0 aliphatic heterocycles. The van der Waals surface area contributed by atoms with E-state index in [1.165, 1.54) is 70.6 Å². The van der Waals surface area contributed by atoms with Crippen molar-refractivity contribution in [2.75, 3.05) is 0 Å². The van der Waals surface area contributed by atoms with Gasteiger partial charge in [0.25, 0.3) is 0 Å². The zero-order valence-electron chi connectivity index (χ0n) is 19.0. The molecule has 0 radical (unpaired) electrons. The summed E-state index contributed by atoms with van der Waals surface area (Å²) in [4.78, 5) is 0. The van der Waals surface area contributed by atoms with Crippen molar-refractivity contribution in [3.63, 3.8) is 0 Å². The molecule has 6 heteroatoms. The summed E-state index contributed by atoms with van der Waals surface area (Å²) >= 11 is 0. The van der Waals surface area contributed by atoms with Crippen LogP contribution >= 0.6 is 0 Å². The van der Waals surface area contributed by atoms with E-state index >= 15 is 0 Å². The van der Waals surface area contributed by atoms with Crippen molar-refractivity contribution in [3.05, 3.63) is 0 Å². The molecular formula is C22H45KO4S. The van der Waals surface area contributed by atoms with Gasteiger partial charge in [-0.1, -0.05) is 104 Å². The number of aliphatic hydroxyl groups is 1. The molecule has 0 aliphatic rings. The molecule has 2 atom stereocenters. The number of hydrogen-bond acceptors (Lipinski definition) is 4. The maximum atomic E-state index is 11.4. The van der Waals surface area contributed by atoms with Crippen molar-refractivity contribution in [2.45, 2.75) is 141 Å². The van der Waals surface area contributed by atoms with Crippen LogP contribution < -0.4 is 51.4 Å². The molecule has 0 aliphatic carbocycles. The Morgan fingerprint density at radius 2 is 1.07 bits per heavy atom. The number of aliphatic hydroxyl groups excluding tert-OH is 1. The van der Waals surface area contributed by atoms with E-state index in [-0.39, 0.29) is 51.4 Å². The van der Waals surface area contributed by atoms with Gasteiger partial charge >= 0.3 is 51.4 Å². The normalized spacial score (nSPS) is 13.9. The zero-order valence-corrected chi connectivity index (χ0v) is 22.9. The van der Waals surface area contributed by atoms with Crippen molar-refractivity contribution < 1.29 is 69.5 Å². The quantitative estimate of drug-likeness (QED) is 0.177. The molecule has 28 heavy (non-hydrogen) atoms. The van der Waals surface area contributed by atoms with Crippen LogP contribution in [0.15, 0.2) is 0 Å². The summed E-state index contributed by atoms with van der Waals surface area (Å²) in [5.41, 5.74) is 0. The third kappa shape index (κ3) is 20.8. The molecule has 0 aromatic heterocycles. The van der Waals surface area contributed by atoms with Crippen LogP contribution in [-0.4, -0.2) is 29.4 Å². The van der Waals surface area contributed by atoms with Crippen molar-refractivity contribution >= 4 is 10.1 Å². The SMILES string of the molecule is CCCCCCCCCCCCCCCCC(CCC(O)CC)S(=O)(=O)[O-].[K+]. The molecule has 0 rings (SSSR count). The smallest absolute Gasteiger partial charge is 0.748 e. The Balaban J connectivity index is 0. The fourth-order valence-electron chi connectivity index (χ4n) is 3.58. The summed E-state index contributed by atoms with van der Waals surface area (Å²) in [6, 6.07) is 0. The molecule has 1 N–H and O–H groups in total. The Labute approximate surface area is 218 Å². The van der Waals surface area contributed by atoms with Crippen molar-refractivity contribution in [1.29, 1.82) is 0 Å². The van der Waals surface area contributed by atoms with Gasteiger partial charge in [-0.15, -0.1) is 0 Å². The summed E-state index contributed by atoms with van der Waals surface area (Å²) in [5, 5.41) is 8.75. The minimum atomic E-state index is -4.25. The summed E-state index contributed by atoms with van der Waals surface area (Å²) in [5.74, 6) is 0. The second-order valence-corrected chi connectivity index (χ2v) is 9.79. The van der Waals surface area contributed by atoms with Crippen LogP contribution in [0.1, 0.15) is 129 Å². The van der Waals surface area contributed by atoms with E-state index in [1.807, 2.05) is 6.92 Å². The van der Waals surface area contributed by atoms with E-state index in [0.29, 0.717) is 25.7 Å². The van der Waals surface area contributed by atoms with Gasteiger partial charge in [0, 0.05) is 5.25 Å². The van der Waals surface area contributed by atoms with Gasteiger partial charge in [0.2, 0.25) is 0 Å². The van der Waals surface area contributed by atoms with Gasteiger partial charge in [0.1, 0.15) is 0 Å². The van der Waals surface area contributed by atoms with E-state index in [2.05, 4.69) is 6.92 Å². The molecule has 0 aromatic rings. The van der Waals surface area contributed by atoms with Gasteiger partial charge in [0.15, 0.2) is 0 Å². The molecule has 0 bridgehead atoms. The average molecular weight is 445 g/mol. The standard InChI is InChI=1S/C22H46O4S.K/c1-3-5-6-7-8-9-10-11-12-13-14-15-16-17-18-22(27(24,25)26)20-19-21(23)4-2;/h21-23H,3-20H2,1-2H3,(H,24,25,26);/q;+1/p-1. The predicted molar refractivity (Wildman–Crippen MR) is 114 cm³/mol. The number of hydrogen-bond donors (Lipinski definition) is 1. The maximum absolute atomic E-state index is 11.4. The third-order valence-electron chi connectivity index (χ3n) is 5.58. The molecule has 2 unspecified atom stereocenters. The molecule has 0 spiro atoms. The van der Waals surface area contributed by atoms with Crippen LogP contribution in [-0.2, 0) is 10.1 Å². The Bertz CT molecular complexity index is 415. The van der Waals surface area contributed by atoms with Gasteiger partial charge in [0.05, 0.1) is 16.2 Å². The van der Waals surface area contributed by atoms with Gasteiger partial charge in [-0.2, -0.15) is 0 Å². The first-order chi connectivity index (χ1) is 12.9. The van der Waals surface area contributed by atoms with E-state index in [0.717, 1.165) is 19.3 Å². The molecule has 4 nitrogen and oxygen atoms in total. The Morgan fingerprint density at radius 1 is 0.679 bits per heavy atom. The predicted octanol–water partition coefficient (Wildman–Crippen LogP) is 3.33. The first-order valence-corrected chi connectivity index (χ1v) is 13.0. The fourth-order valence-corrected chi connectivity index (χ4v) is 4.46. The summed E-state index contributed by atoms with van der Waals surface area (Å²) in [6.45, 7) is 4.11. The molecular weight excluding hydrogens is 399 g/mol. The van der Waals surface area contributed by atoms with Gasteiger partial charge in [-0.05, 0) is 25.7 Å². The van der Waals surface area contributed by atoms with Gasteiger partial charge < -0.3 is 9.66 Å². The first kappa shape index (κ1) is 31.7. The number of unbranched alkanes of at least 4 members (excludes halogenated alkanes) is 13. The van der Waals surface area contributed by atoms with Crippen LogP contribution in [0.4, 0.5) is 0 Å². The summed E-state index contributed by atoms with van der Waals surface area (Å²) in [7, 11) is -4.25. The molecule has 0 saturated heterocycles. The van der Waals surface area contributed by atoms with Crippen LogP contribution in [0.25, 0.3) is 0 Å². The summed E-state index contributed by atoms with van der Waals surface area (Å²) in [6.07, 6.45) is 18.9. The van der Waals surface area contributed by atoms with Crippen LogP contribution in [0.5, 0.6) is 0 Å². The third-order valence-corrected chi connectivity index (χ3v) is 6.87. The first-order valence-electron chi connectivity index (χ1n) is 11.5. The molecule has 0 fully saturated rings. The zero-order chi connectivity index (χ0) is 20.4. The minimum absolute atomic E-state index is 0. The van der Waals surface area contributed by atoms with Crippen molar-refractivity contribution in [1.82, 2.24) is 0 Å². The second kappa shape index (κ2) is 21.7. The Kier molecular flexibility index (Phi) is 24.6. The minimum Gasteiger partial charge on any atom is -0.748 e. The van der Waals surface area contributed by atoms with E-state index in [4.69, 9.17) is 0 Å². The van der Waals surface area contributed by atoms with Gasteiger partial charge in [-0.3, -0.25) is 0 Å². The largest absolute Gasteiger partial charge is 1.00 e. The molecule has 164 valence electrons. The Morgan fingerprint density at radius 3 is 1.43 bits per heavy atom. The topological polar surface area (TPSA) is 77.4 Å². The molecule has 0 heterocycles. The number of rotatable bonds is 20. The van der Waals surface area contributed by atoms with Crippen LogP contribution in [0.2, 0.25) is 0 Å². The van der Waals surface area contributed by atoms with Crippen LogP contribution in [0.3, 0.4) is 0 Å². The maximum Gasteiger partial charge on any atom is 1.00 e. The van der Waals surface area contributed by atoms with Gasteiger partial charge in [-0.25, -0.2) is 8.42 Å². The molecule has 0 saturated carbocycles.